The van der Waals surface area contributed by atoms with Gasteiger partial charge in [-0.15, -0.1) is 0 Å². The van der Waals surface area contributed by atoms with E-state index in [1.165, 1.54) is 0 Å². The summed E-state index contributed by atoms with van der Waals surface area (Å²) in [5.41, 5.74) is 2.05. The monoisotopic (exact) mass is 312 g/mol. The van der Waals surface area contributed by atoms with Gasteiger partial charge in [0.2, 0.25) is 0 Å². The molecule has 0 aromatic carbocycles. The molecule has 0 bridgehead atoms. The van der Waals surface area contributed by atoms with E-state index in [4.69, 9.17) is 4.98 Å². The lowest BCUT2D eigenvalue weighted by molar-refractivity contribution is 0.190. The fourth-order valence-corrected chi connectivity index (χ4v) is 3.22. The smallest absolute Gasteiger partial charge is 0.161 e. The highest BCUT2D eigenvalue weighted by molar-refractivity contribution is 5.57. The normalized spacial score (nSPS) is 21.4. The summed E-state index contributed by atoms with van der Waals surface area (Å²) in [5.74, 6) is 2.17. The van der Waals surface area contributed by atoms with E-state index in [0.717, 1.165) is 48.7 Å². The maximum atomic E-state index is 9.39. The molecule has 0 saturated carbocycles. The van der Waals surface area contributed by atoms with Crippen LogP contribution in [0.1, 0.15) is 32.4 Å². The molecule has 5 nitrogen and oxygen atoms in total. The van der Waals surface area contributed by atoms with Crippen LogP contribution in [0.3, 0.4) is 0 Å². The van der Waals surface area contributed by atoms with Crippen molar-refractivity contribution in [3.05, 3.63) is 36.3 Å². The minimum Gasteiger partial charge on any atom is -0.396 e. The van der Waals surface area contributed by atoms with Gasteiger partial charge in [0.05, 0.1) is 0 Å². The highest BCUT2D eigenvalue weighted by atomic mass is 16.3. The van der Waals surface area contributed by atoms with Crippen LogP contribution in [0.4, 0.5) is 5.82 Å². The van der Waals surface area contributed by atoms with Crippen molar-refractivity contribution in [1.29, 1.82) is 0 Å². The fourth-order valence-electron chi connectivity index (χ4n) is 3.22. The van der Waals surface area contributed by atoms with E-state index in [9.17, 15) is 5.11 Å². The Hall–Kier alpha value is -2.01. The highest BCUT2D eigenvalue weighted by Gasteiger charge is 2.26. The Morgan fingerprint density at radius 1 is 1.26 bits per heavy atom. The molecule has 1 saturated heterocycles. The molecule has 1 N–H and O–H groups in total. The van der Waals surface area contributed by atoms with E-state index in [0.29, 0.717) is 12.0 Å². The summed E-state index contributed by atoms with van der Waals surface area (Å²) >= 11 is 0. The predicted octanol–water partition coefficient (Wildman–Crippen LogP) is 2.70. The zero-order chi connectivity index (χ0) is 16.2. The van der Waals surface area contributed by atoms with Crippen molar-refractivity contribution in [3.63, 3.8) is 0 Å². The van der Waals surface area contributed by atoms with Crippen LogP contribution in [0, 0.1) is 5.92 Å². The Morgan fingerprint density at radius 2 is 2.04 bits per heavy atom. The third-order valence-corrected chi connectivity index (χ3v) is 4.60. The van der Waals surface area contributed by atoms with Gasteiger partial charge < -0.3 is 10.0 Å². The van der Waals surface area contributed by atoms with Crippen LogP contribution in [0.2, 0.25) is 0 Å². The molecule has 0 aliphatic carbocycles. The molecule has 1 fully saturated rings. The Kier molecular flexibility index (Phi) is 4.86. The molecule has 0 unspecified atom stereocenters. The van der Waals surface area contributed by atoms with Gasteiger partial charge in [-0.3, -0.25) is 4.98 Å². The molecular formula is C18H24N4O. The standard InChI is InChI=1S/C18H24N4O/c1-3-16-11-17(22-9-6-14(12-23)10-13(22)2)21-18(20-16)15-4-7-19-8-5-15/h4-5,7-8,11,13-14,23H,3,6,9-10,12H2,1-2H3/t13-,14-/m0/s1. The third kappa shape index (κ3) is 3.50. The van der Waals surface area contributed by atoms with Crippen LogP contribution in [0.15, 0.2) is 30.6 Å². The number of aliphatic hydroxyl groups excluding tert-OH is 1. The van der Waals surface area contributed by atoms with Gasteiger partial charge in [0.1, 0.15) is 5.82 Å². The van der Waals surface area contributed by atoms with Gasteiger partial charge in [-0.05, 0) is 44.2 Å². The Balaban J connectivity index is 1.93. The molecule has 0 amide bonds. The fraction of sp³-hybridized carbons (Fsp3) is 0.500. The number of anilines is 1. The molecular weight excluding hydrogens is 288 g/mol. The van der Waals surface area contributed by atoms with Crippen molar-refractivity contribution in [2.24, 2.45) is 5.92 Å². The van der Waals surface area contributed by atoms with E-state index < -0.39 is 0 Å². The number of hydrogen-bond donors (Lipinski definition) is 1. The van der Waals surface area contributed by atoms with Gasteiger partial charge in [0.15, 0.2) is 5.82 Å². The second-order valence-corrected chi connectivity index (χ2v) is 6.25. The van der Waals surface area contributed by atoms with Crippen molar-refractivity contribution in [2.75, 3.05) is 18.1 Å². The molecule has 2 aromatic heterocycles. The van der Waals surface area contributed by atoms with Gasteiger partial charge >= 0.3 is 0 Å². The Morgan fingerprint density at radius 3 is 2.70 bits per heavy atom. The number of hydrogen-bond acceptors (Lipinski definition) is 5. The van der Waals surface area contributed by atoms with E-state index in [2.05, 4.69) is 34.8 Å². The average Bonchev–Trinajstić information content (AvgIpc) is 2.61. The van der Waals surface area contributed by atoms with Crippen molar-refractivity contribution in [1.82, 2.24) is 15.0 Å². The third-order valence-electron chi connectivity index (χ3n) is 4.60. The summed E-state index contributed by atoms with van der Waals surface area (Å²) in [6, 6.07) is 6.37. The number of rotatable bonds is 4. The van der Waals surface area contributed by atoms with Gasteiger partial charge in [-0.25, -0.2) is 9.97 Å². The van der Waals surface area contributed by atoms with Crippen LogP contribution >= 0.6 is 0 Å². The van der Waals surface area contributed by atoms with Crippen LogP contribution in [-0.2, 0) is 6.42 Å². The van der Waals surface area contributed by atoms with E-state index in [1.807, 2.05) is 12.1 Å². The van der Waals surface area contributed by atoms with Crippen LogP contribution < -0.4 is 4.90 Å². The number of pyridine rings is 1. The molecule has 3 heterocycles. The summed E-state index contributed by atoms with van der Waals surface area (Å²) in [4.78, 5) is 15.9. The first-order valence-corrected chi connectivity index (χ1v) is 8.37. The SMILES string of the molecule is CCc1cc(N2CC[C@H](CO)C[C@@H]2C)nc(-c2ccncc2)n1. The molecule has 2 atom stereocenters. The topological polar surface area (TPSA) is 62.1 Å². The van der Waals surface area contributed by atoms with Gasteiger partial charge in [0.25, 0.3) is 0 Å². The van der Waals surface area contributed by atoms with Gasteiger partial charge in [-0.1, -0.05) is 6.92 Å². The average molecular weight is 312 g/mol. The van der Waals surface area contributed by atoms with Crippen molar-refractivity contribution < 1.29 is 5.11 Å². The molecule has 0 radical (unpaired) electrons. The molecule has 122 valence electrons. The Labute approximate surface area is 137 Å². The van der Waals surface area contributed by atoms with Gasteiger partial charge in [-0.2, -0.15) is 0 Å². The quantitative estimate of drug-likeness (QED) is 0.940. The minimum atomic E-state index is 0.282. The first kappa shape index (κ1) is 15.9. The summed E-state index contributed by atoms with van der Waals surface area (Å²) in [7, 11) is 0. The maximum absolute atomic E-state index is 9.39. The lowest BCUT2D eigenvalue weighted by atomic mass is 9.92. The number of aryl methyl sites for hydroxylation is 1. The van der Waals surface area contributed by atoms with Crippen LogP contribution in [0.5, 0.6) is 0 Å². The molecule has 1 aliphatic heterocycles. The van der Waals surface area contributed by atoms with Gasteiger partial charge in [0, 0.05) is 48.9 Å². The number of aliphatic hydroxyl groups is 1. The predicted molar refractivity (Wildman–Crippen MR) is 91.3 cm³/mol. The molecule has 5 heteroatoms. The number of piperidine rings is 1. The number of aromatic nitrogens is 3. The molecule has 1 aliphatic rings. The highest BCUT2D eigenvalue weighted by Crippen LogP contribution is 2.28. The molecule has 3 rings (SSSR count). The number of nitrogens with zero attached hydrogens (tertiary/aromatic N) is 4. The molecule has 2 aromatic rings. The van der Waals surface area contributed by atoms with Crippen molar-refractivity contribution in [3.8, 4) is 11.4 Å². The van der Waals surface area contributed by atoms with Crippen molar-refractivity contribution >= 4 is 5.82 Å². The summed E-state index contributed by atoms with van der Waals surface area (Å²) in [6.45, 7) is 5.54. The lowest BCUT2D eigenvalue weighted by Crippen LogP contribution is -2.42. The van der Waals surface area contributed by atoms with Crippen LogP contribution in [-0.4, -0.2) is 39.3 Å². The second kappa shape index (κ2) is 7.04. The lowest BCUT2D eigenvalue weighted by Gasteiger charge is -2.38. The first-order valence-electron chi connectivity index (χ1n) is 8.37. The van der Waals surface area contributed by atoms with Crippen molar-refractivity contribution in [2.45, 2.75) is 39.2 Å². The maximum Gasteiger partial charge on any atom is 0.161 e. The molecule has 0 spiro atoms. The Bertz CT molecular complexity index is 647. The van der Waals surface area contributed by atoms with E-state index in [-0.39, 0.29) is 6.61 Å². The van der Waals surface area contributed by atoms with E-state index in [1.54, 1.807) is 12.4 Å². The second-order valence-electron chi connectivity index (χ2n) is 6.25. The summed E-state index contributed by atoms with van der Waals surface area (Å²) < 4.78 is 0. The summed E-state index contributed by atoms with van der Waals surface area (Å²) in [6.07, 6.45) is 6.44. The van der Waals surface area contributed by atoms with Crippen LogP contribution in [0.25, 0.3) is 11.4 Å². The molecule has 23 heavy (non-hydrogen) atoms. The minimum absolute atomic E-state index is 0.282. The largest absolute Gasteiger partial charge is 0.396 e. The zero-order valence-corrected chi connectivity index (χ0v) is 13.8. The zero-order valence-electron chi connectivity index (χ0n) is 13.8. The first-order chi connectivity index (χ1) is 11.2. The van der Waals surface area contributed by atoms with E-state index >= 15 is 0 Å². The summed E-state index contributed by atoms with van der Waals surface area (Å²) in [5, 5.41) is 9.39.